The van der Waals surface area contributed by atoms with E-state index in [1.165, 1.54) is 12.1 Å². The van der Waals surface area contributed by atoms with Crippen LogP contribution in [0, 0.1) is 5.82 Å². The summed E-state index contributed by atoms with van der Waals surface area (Å²) in [5, 5.41) is 3.39. The van der Waals surface area contributed by atoms with E-state index in [9.17, 15) is 14.0 Å². The number of hydrogen-bond acceptors (Lipinski definition) is 3. The molecule has 0 bridgehead atoms. The van der Waals surface area contributed by atoms with Crippen molar-refractivity contribution in [1.82, 2.24) is 14.0 Å². The second kappa shape index (κ2) is 8.14. The van der Waals surface area contributed by atoms with Crippen molar-refractivity contribution in [2.75, 3.05) is 25.5 Å². The van der Waals surface area contributed by atoms with Gasteiger partial charge in [-0.05, 0) is 54.8 Å². The van der Waals surface area contributed by atoms with E-state index in [4.69, 9.17) is 11.6 Å². The summed E-state index contributed by atoms with van der Waals surface area (Å²) in [6, 6.07) is 9.89. The molecule has 1 fully saturated rings. The molecule has 30 heavy (non-hydrogen) atoms. The molecular weight excluding hydrogens is 407 g/mol. The number of likely N-dealkylation sites (tertiary alicyclic amines) is 1. The minimum absolute atomic E-state index is 0.0819. The van der Waals surface area contributed by atoms with Crippen molar-refractivity contribution in [1.29, 1.82) is 0 Å². The maximum atomic E-state index is 13.6. The van der Waals surface area contributed by atoms with Gasteiger partial charge in [-0.1, -0.05) is 11.6 Å². The van der Waals surface area contributed by atoms with Gasteiger partial charge in [0.2, 0.25) is 5.91 Å². The third-order valence-electron chi connectivity index (χ3n) is 5.77. The largest absolute Gasteiger partial charge is 0.388 e. The lowest BCUT2D eigenvalue weighted by Crippen LogP contribution is -2.43. The Kier molecular flexibility index (Phi) is 5.56. The first-order valence-corrected chi connectivity index (χ1v) is 10.4. The van der Waals surface area contributed by atoms with E-state index in [-0.39, 0.29) is 29.1 Å². The van der Waals surface area contributed by atoms with E-state index < -0.39 is 5.82 Å². The SMILES string of the molecule is CNc1ccc2c(c1)n([C@H]1CCCN(C(=O)Cc3cc(F)cc(Cl)c3)C1)c(=O)n2C. The van der Waals surface area contributed by atoms with E-state index in [1.807, 2.05) is 25.2 Å². The zero-order valence-electron chi connectivity index (χ0n) is 17.0. The van der Waals surface area contributed by atoms with Crippen LogP contribution < -0.4 is 11.0 Å². The topological polar surface area (TPSA) is 59.3 Å². The summed E-state index contributed by atoms with van der Waals surface area (Å²) in [5.74, 6) is -0.546. The number of amides is 1. The summed E-state index contributed by atoms with van der Waals surface area (Å²) in [5.41, 5.74) is 3.10. The molecule has 0 unspecified atom stereocenters. The minimum Gasteiger partial charge on any atom is -0.388 e. The number of fused-ring (bicyclic) bond motifs is 1. The number of rotatable bonds is 4. The second-order valence-electron chi connectivity index (χ2n) is 7.76. The highest BCUT2D eigenvalue weighted by Crippen LogP contribution is 2.27. The number of carbonyl (C=O) groups is 1. The van der Waals surface area contributed by atoms with E-state index >= 15 is 0 Å². The Balaban J connectivity index is 1.60. The van der Waals surface area contributed by atoms with Crippen molar-refractivity contribution in [3.63, 3.8) is 0 Å². The number of hydrogen-bond donors (Lipinski definition) is 1. The van der Waals surface area contributed by atoms with Crippen LogP contribution >= 0.6 is 11.6 Å². The highest BCUT2D eigenvalue weighted by Gasteiger charge is 2.28. The number of imidazole rings is 1. The van der Waals surface area contributed by atoms with Crippen LogP contribution in [0.5, 0.6) is 0 Å². The molecule has 0 radical (unpaired) electrons. The number of nitrogens with one attached hydrogen (secondary N) is 1. The van der Waals surface area contributed by atoms with Gasteiger partial charge in [-0.15, -0.1) is 0 Å². The first-order valence-electron chi connectivity index (χ1n) is 9.99. The molecule has 6 nitrogen and oxygen atoms in total. The average molecular weight is 431 g/mol. The number of anilines is 1. The van der Waals surface area contributed by atoms with Gasteiger partial charge in [0.25, 0.3) is 0 Å². The molecule has 0 saturated carbocycles. The Morgan fingerprint density at radius 3 is 2.77 bits per heavy atom. The Hall–Kier alpha value is -2.80. The molecule has 2 aromatic carbocycles. The quantitative estimate of drug-likeness (QED) is 0.688. The maximum absolute atomic E-state index is 13.6. The molecule has 1 saturated heterocycles. The standard InChI is InChI=1S/C22H24ClFN4O2/c1-25-17-5-6-19-20(12-17)28(22(30)26(19)2)18-4-3-7-27(13-18)21(29)10-14-8-15(23)11-16(24)9-14/h5-6,8-9,11-12,18,25H,3-4,7,10,13H2,1-2H3/t18-/m0/s1. The number of halogens is 2. The van der Waals surface area contributed by atoms with Gasteiger partial charge in [0, 0.05) is 37.9 Å². The molecule has 0 aliphatic carbocycles. The lowest BCUT2D eigenvalue weighted by atomic mass is 10.0. The molecule has 1 amide bonds. The second-order valence-corrected chi connectivity index (χ2v) is 8.19. The molecule has 158 valence electrons. The van der Waals surface area contributed by atoms with Gasteiger partial charge in [0.05, 0.1) is 23.5 Å². The Labute approximate surface area is 178 Å². The summed E-state index contributed by atoms with van der Waals surface area (Å²) in [7, 11) is 3.60. The third-order valence-corrected chi connectivity index (χ3v) is 5.99. The van der Waals surface area contributed by atoms with Crippen LogP contribution in [0.15, 0.2) is 41.2 Å². The zero-order chi connectivity index (χ0) is 21.4. The monoisotopic (exact) mass is 430 g/mol. The van der Waals surface area contributed by atoms with Gasteiger partial charge >= 0.3 is 5.69 Å². The van der Waals surface area contributed by atoms with Crippen LogP contribution in [0.3, 0.4) is 0 Å². The zero-order valence-corrected chi connectivity index (χ0v) is 17.7. The van der Waals surface area contributed by atoms with E-state index in [0.29, 0.717) is 18.7 Å². The van der Waals surface area contributed by atoms with E-state index in [0.717, 1.165) is 29.6 Å². The first-order chi connectivity index (χ1) is 14.4. The highest BCUT2D eigenvalue weighted by molar-refractivity contribution is 6.30. The third kappa shape index (κ3) is 3.81. The molecule has 1 atom stereocenters. The number of piperidine rings is 1. The van der Waals surface area contributed by atoms with E-state index in [2.05, 4.69) is 5.32 Å². The van der Waals surface area contributed by atoms with Crippen LogP contribution in [0.4, 0.5) is 10.1 Å². The Morgan fingerprint density at radius 1 is 1.23 bits per heavy atom. The van der Waals surface area contributed by atoms with Crippen molar-refractivity contribution in [2.45, 2.75) is 25.3 Å². The van der Waals surface area contributed by atoms with E-state index in [1.54, 1.807) is 27.1 Å². The van der Waals surface area contributed by atoms with Gasteiger partial charge in [0.15, 0.2) is 0 Å². The van der Waals surface area contributed by atoms with Gasteiger partial charge in [-0.25, -0.2) is 9.18 Å². The van der Waals surface area contributed by atoms with Crippen molar-refractivity contribution in [3.05, 3.63) is 63.3 Å². The summed E-state index contributed by atoms with van der Waals surface area (Å²) >= 11 is 5.91. The lowest BCUT2D eigenvalue weighted by Gasteiger charge is -2.33. The molecule has 8 heteroatoms. The molecular formula is C22H24ClFN4O2. The van der Waals surface area contributed by atoms with Crippen LogP contribution in [-0.2, 0) is 18.3 Å². The highest BCUT2D eigenvalue weighted by atomic mass is 35.5. The summed E-state index contributed by atoms with van der Waals surface area (Å²) in [4.78, 5) is 27.6. The predicted molar refractivity (Wildman–Crippen MR) is 117 cm³/mol. The Bertz CT molecular complexity index is 1150. The Morgan fingerprint density at radius 2 is 2.03 bits per heavy atom. The van der Waals surface area contributed by atoms with Crippen LogP contribution in [0.25, 0.3) is 11.0 Å². The predicted octanol–water partition coefficient (Wildman–Crippen LogP) is 3.58. The fourth-order valence-electron chi connectivity index (χ4n) is 4.27. The molecule has 2 heterocycles. The molecule has 1 aromatic heterocycles. The average Bonchev–Trinajstić information content (AvgIpc) is 2.97. The molecule has 1 aliphatic heterocycles. The number of carbonyl (C=O) groups excluding carboxylic acids is 1. The van der Waals surface area contributed by atoms with Crippen molar-refractivity contribution in [2.24, 2.45) is 7.05 Å². The fourth-order valence-corrected chi connectivity index (χ4v) is 4.51. The molecule has 1 N–H and O–H groups in total. The van der Waals surface area contributed by atoms with Crippen molar-refractivity contribution < 1.29 is 9.18 Å². The van der Waals surface area contributed by atoms with Crippen molar-refractivity contribution >= 4 is 34.2 Å². The summed E-state index contributed by atoms with van der Waals surface area (Å²) in [6.45, 7) is 1.07. The number of benzene rings is 2. The first kappa shape index (κ1) is 20.5. The molecule has 0 spiro atoms. The van der Waals surface area contributed by atoms with Gasteiger partial charge < -0.3 is 10.2 Å². The molecule has 4 rings (SSSR count). The summed E-state index contributed by atoms with van der Waals surface area (Å²) in [6.07, 6.45) is 1.70. The number of aryl methyl sites for hydroxylation is 1. The van der Waals surface area contributed by atoms with Crippen molar-refractivity contribution in [3.8, 4) is 0 Å². The molecule has 3 aromatic rings. The normalized spacial score (nSPS) is 16.8. The van der Waals surface area contributed by atoms with Crippen LogP contribution in [0.2, 0.25) is 5.02 Å². The molecule has 1 aliphatic rings. The number of nitrogens with zero attached hydrogens (tertiary/aromatic N) is 3. The minimum atomic E-state index is -0.454. The smallest absolute Gasteiger partial charge is 0.329 e. The van der Waals surface area contributed by atoms with Crippen LogP contribution in [0.1, 0.15) is 24.4 Å². The van der Waals surface area contributed by atoms with Gasteiger partial charge in [-0.2, -0.15) is 0 Å². The maximum Gasteiger partial charge on any atom is 0.329 e. The fraction of sp³-hybridized carbons (Fsp3) is 0.364. The summed E-state index contributed by atoms with van der Waals surface area (Å²) < 4.78 is 17.0. The van der Waals surface area contributed by atoms with Gasteiger partial charge in [-0.3, -0.25) is 13.9 Å². The lowest BCUT2D eigenvalue weighted by molar-refractivity contribution is -0.132. The van der Waals surface area contributed by atoms with Gasteiger partial charge in [0.1, 0.15) is 5.82 Å². The van der Waals surface area contributed by atoms with Crippen LogP contribution in [-0.4, -0.2) is 40.1 Å². The number of aromatic nitrogens is 2.